The molecule has 0 amide bonds. The van der Waals surface area contributed by atoms with E-state index in [1.807, 2.05) is 0 Å². The number of rotatable bonds is 5. The number of hydrogen-bond donors (Lipinski definition) is 5. The fourth-order valence-electron chi connectivity index (χ4n) is 2.32. The second kappa shape index (κ2) is 6.92. The number of non-ortho nitro benzene ring substituents is 1. The number of aromatic nitrogens is 2. The predicted molar refractivity (Wildman–Crippen MR) is 101 cm³/mol. The molecule has 11 heteroatoms. The number of nitro groups is 1. The van der Waals surface area contributed by atoms with Gasteiger partial charge >= 0.3 is 0 Å². The van der Waals surface area contributed by atoms with Gasteiger partial charge in [0.2, 0.25) is 0 Å². The highest BCUT2D eigenvalue weighted by atomic mass is 16.6. The van der Waals surface area contributed by atoms with Crippen LogP contribution in [0.4, 0.5) is 28.7 Å². The molecule has 0 unspecified atom stereocenters. The molecule has 7 N–H and O–H groups in total. The van der Waals surface area contributed by atoms with E-state index in [4.69, 9.17) is 16.9 Å². The highest BCUT2D eigenvalue weighted by Crippen LogP contribution is 2.28. The third-order valence-electron chi connectivity index (χ3n) is 3.71. The van der Waals surface area contributed by atoms with Gasteiger partial charge in [-0.3, -0.25) is 15.5 Å². The molecule has 0 saturated carbocycles. The van der Waals surface area contributed by atoms with Gasteiger partial charge in [0.1, 0.15) is 5.69 Å². The van der Waals surface area contributed by atoms with E-state index in [9.17, 15) is 15.2 Å². The van der Waals surface area contributed by atoms with Crippen LogP contribution in [0.1, 0.15) is 0 Å². The number of benzene rings is 1. The van der Waals surface area contributed by atoms with Crippen molar-refractivity contribution >= 4 is 40.3 Å². The average Bonchev–Trinajstić information content (AvgIpc) is 2.94. The van der Waals surface area contributed by atoms with Gasteiger partial charge in [-0.1, -0.05) is 18.2 Å². The van der Waals surface area contributed by atoms with E-state index >= 15 is 0 Å². The predicted octanol–water partition coefficient (Wildman–Crippen LogP) is 1.07. The number of nitro benzene ring substituents is 1. The maximum Gasteiger partial charge on any atom is 0.269 e. The summed E-state index contributed by atoms with van der Waals surface area (Å²) >= 11 is 0. The zero-order valence-corrected chi connectivity index (χ0v) is 13.8. The Labute approximate surface area is 152 Å². The zero-order valence-electron chi connectivity index (χ0n) is 13.8. The molecular formula is C16H15N8O3-. The summed E-state index contributed by atoms with van der Waals surface area (Å²) in [6, 6.07) is 5.64. The van der Waals surface area contributed by atoms with Gasteiger partial charge in [0.25, 0.3) is 5.69 Å². The Morgan fingerprint density at radius 2 is 1.81 bits per heavy atom. The molecule has 1 heterocycles. The monoisotopic (exact) mass is 367 g/mol. The van der Waals surface area contributed by atoms with Crippen molar-refractivity contribution in [2.24, 2.45) is 0 Å². The van der Waals surface area contributed by atoms with Gasteiger partial charge in [0, 0.05) is 23.6 Å². The third-order valence-corrected chi connectivity index (χ3v) is 3.71. The zero-order chi connectivity index (χ0) is 19.6. The van der Waals surface area contributed by atoms with Crippen LogP contribution in [0.3, 0.4) is 0 Å². The maximum atomic E-state index is 12.6. The van der Waals surface area contributed by atoms with Gasteiger partial charge in [-0.25, -0.2) is 4.68 Å². The van der Waals surface area contributed by atoms with Crippen molar-refractivity contribution in [1.82, 2.24) is 9.78 Å². The summed E-state index contributed by atoms with van der Waals surface area (Å²) in [6.07, 6.45) is 6.24. The minimum Gasteiger partial charge on any atom is -0.858 e. The van der Waals surface area contributed by atoms with Crippen molar-refractivity contribution < 1.29 is 10.0 Å². The molecule has 3 rings (SSSR count). The molecule has 2 aromatic rings. The largest absolute Gasteiger partial charge is 0.858 e. The number of nitrogen functional groups attached to an aromatic ring is 2. The van der Waals surface area contributed by atoms with Gasteiger partial charge in [-0.2, -0.15) is 0 Å². The summed E-state index contributed by atoms with van der Waals surface area (Å²) < 4.78 is 0.905. The second-order valence-corrected chi connectivity index (χ2v) is 5.46. The van der Waals surface area contributed by atoms with Crippen LogP contribution in [0.15, 0.2) is 54.1 Å². The summed E-state index contributed by atoms with van der Waals surface area (Å²) in [5.41, 5.74) is 18.1. The van der Waals surface area contributed by atoms with E-state index in [0.717, 1.165) is 4.68 Å². The number of hydrogen-bond acceptors (Lipinski definition) is 9. The van der Waals surface area contributed by atoms with Crippen molar-refractivity contribution in [3.8, 4) is 0 Å². The van der Waals surface area contributed by atoms with Gasteiger partial charge in [-0.05, 0) is 18.2 Å². The fraction of sp³-hybridized carbons (Fsp3) is 0. The van der Waals surface area contributed by atoms with Gasteiger partial charge in [0.05, 0.1) is 16.3 Å². The number of nitrogens with two attached hydrogens (primary N) is 2. The normalized spacial score (nSPS) is 14.9. The summed E-state index contributed by atoms with van der Waals surface area (Å²) in [5.74, 6) is -0.666. The number of allylic oxidation sites excluding steroid dienone is 5. The quantitative estimate of drug-likeness (QED) is 0.295. The standard InChI is InChI=1S/C16H16N8O3/c17-12-4-2-1-3-11(12)16(25)23-15(19)13(14(18)22-23)21-20-9-5-7-10(8-6-9)24(26)27/h1-8,17,20-21,25H,19H2,(H2,18,22)/p-1. The summed E-state index contributed by atoms with van der Waals surface area (Å²) in [7, 11) is 0. The minimum atomic E-state index is -0.590. The SMILES string of the molecule is N=C1C=CC=CC1=C([O-])n1nc(N)c(NNc2ccc([N+](=O)[O-])cc2)c1N. The van der Waals surface area contributed by atoms with Crippen LogP contribution in [0.25, 0.3) is 5.88 Å². The van der Waals surface area contributed by atoms with Crippen molar-refractivity contribution in [1.29, 1.82) is 5.41 Å². The lowest BCUT2D eigenvalue weighted by atomic mass is 10.1. The first-order valence-electron chi connectivity index (χ1n) is 7.64. The van der Waals surface area contributed by atoms with Crippen LogP contribution < -0.4 is 27.4 Å². The van der Waals surface area contributed by atoms with Crippen LogP contribution in [-0.4, -0.2) is 20.4 Å². The molecule has 27 heavy (non-hydrogen) atoms. The molecule has 0 bridgehead atoms. The number of anilines is 4. The number of nitrogens with one attached hydrogen (secondary N) is 3. The molecule has 0 atom stereocenters. The van der Waals surface area contributed by atoms with E-state index < -0.39 is 10.8 Å². The van der Waals surface area contributed by atoms with Crippen molar-refractivity contribution in [2.45, 2.75) is 0 Å². The van der Waals surface area contributed by atoms with E-state index in [1.54, 1.807) is 12.2 Å². The topological polar surface area (TPSA) is 184 Å². The Kier molecular flexibility index (Phi) is 4.49. The van der Waals surface area contributed by atoms with Gasteiger partial charge in [-0.15, -0.1) is 5.10 Å². The smallest absolute Gasteiger partial charge is 0.269 e. The van der Waals surface area contributed by atoms with Crippen LogP contribution in [-0.2, 0) is 0 Å². The Morgan fingerprint density at radius 3 is 2.44 bits per heavy atom. The molecule has 1 aliphatic rings. The van der Waals surface area contributed by atoms with E-state index in [0.29, 0.717) is 5.69 Å². The van der Waals surface area contributed by atoms with E-state index in [1.165, 1.54) is 36.4 Å². The molecule has 138 valence electrons. The van der Waals surface area contributed by atoms with Gasteiger partial charge in [0.15, 0.2) is 11.6 Å². The summed E-state index contributed by atoms with van der Waals surface area (Å²) in [5, 5.41) is 35.0. The van der Waals surface area contributed by atoms with Crippen molar-refractivity contribution in [3.05, 3.63) is 64.3 Å². The lowest BCUT2D eigenvalue weighted by molar-refractivity contribution is -0.384. The third kappa shape index (κ3) is 3.42. The Balaban J connectivity index is 1.83. The Bertz CT molecular complexity index is 1000. The lowest BCUT2D eigenvalue weighted by Gasteiger charge is -2.19. The van der Waals surface area contributed by atoms with Crippen LogP contribution in [0, 0.1) is 15.5 Å². The molecule has 0 radical (unpaired) electrons. The van der Waals surface area contributed by atoms with Crippen LogP contribution in [0.2, 0.25) is 0 Å². The summed E-state index contributed by atoms with van der Waals surface area (Å²) in [6.45, 7) is 0. The van der Waals surface area contributed by atoms with Gasteiger partial charge < -0.3 is 27.4 Å². The molecule has 1 aromatic carbocycles. The fourth-order valence-corrected chi connectivity index (χ4v) is 2.32. The first-order chi connectivity index (χ1) is 12.9. The Hall–Kier alpha value is -4.28. The first kappa shape index (κ1) is 17.5. The number of hydrazine groups is 1. The lowest BCUT2D eigenvalue weighted by Crippen LogP contribution is -2.20. The van der Waals surface area contributed by atoms with E-state index in [2.05, 4.69) is 16.0 Å². The molecule has 1 aliphatic carbocycles. The molecule has 1 aromatic heterocycles. The molecule has 0 spiro atoms. The van der Waals surface area contributed by atoms with Crippen LogP contribution >= 0.6 is 0 Å². The molecular weight excluding hydrogens is 352 g/mol. The Morgan fingerprint density at radius 1 is 1.15 bits per heavy atom. The highest BCUT2D eigenvalue weighted by molar-refractivity contribution is 6.12. The maximum absolute atomic E-state index is 12.6. The van der Waals surface area contributed by atoms with Crippen molar-refractivity contribution in [2.75, 3.05) is 22.3 Å². The molecule has 0 fully saturated rings. The highest BCUT2D eigenvalue weighted by Gasteiger charge is 2.15. The second-order valence-electron chi connectivity index (χ2n) is 5.46. The minimum absolute atomic E-state index is 0.0299. The first-order valence-corrected chi connectivity index (χ1v) is 7.64. The average molecular weight is 367 g/mol. The summed E-state index contributed by atoms with van der Waals surface area (Å²) in [4.78, 5) is 10.2. The molecule has 11 nitrogen and oxygen atoms in total. The molecule has 0 aliphatic heterocycles. The number of nitrogens with zero attached hydrogens (tertiary/aromatic N) is 3. The van der Waals surface area contributed by atoms with Crippen LogP contribution in [0.5, 0.6) is 0 Å². The van der Waals surface area contributed by atoms with E-state index in [-0.39, 0.29) is 34.3 Å². The molecule has 0 saturated heterocycles. The van der Waals surface area contributed by atoms with Crippen molar-refractivity contribution in [3.63, 3.8) is 0 Å².